The van der Waals surface area contributed by atoms with Crippen LogP contribution in [-0.2, 0) is 4.74 Å². The molecule has 1 fully saturated rings. The molecule has 1 aliphatic rings. The fourth-order valence-electron chi connectivity index (χ4n) is 2.33. The molecule has 1 aromatic carbocycles. The van der Waals surface area contributed by atoms with Gasteiger partial charge in [-0.1, -0.05) is 6.92 Å². The van der Waals surface area contributed by atoms with E-state index in [-0.39, 0.29) is 5.69 Å². The lowest BCUT2D eigenvalue weighted by Crippen LogP contribution is -2.24. The van der Waals surface area contributed by atoms with Crippen LogP contribution in [0.1, 0.15) is 26.2 Å². The summed E-state index contributed by atoms with van der Waals surface area (Å²) in [7, 11) is 0. The molecule has 0 saturated carbocycles. The average Bonchev–Trinajstić information content (AvgIpc) is 2.51. The highest BCUT2D eigenvalue weighted by molar-refractivity contribution is 5.58. The third kappa shape index (κ3) is 4.60. The summed E-state index contributed by atoms with van der Waals surface area (Å²) >= 11 is 0. The van der Waals surface area contributed by atoms with Crippen molar-refractivity contribution in [1.82, 2.24) is 0 Å². The van der Waals surface area contributed by atoms with Gasteiger partial charge in [-0.3, -0.25) is 10.1 Å². The van der Waals surface area contributed by atoms with Crippen molar-refractivity contribution < 1.29 is 14.4 Å². The molecule has 6 nitrogen and oxygen atoms in total. The normalized spacial score (nSPS) is 18.2. The van der Waals surface area contributed by atoms with Crippen molar-refractivity contribution in [2.24, 2.45) is 5.92 Å². The second kappa shape index (κ2) is 7.83. The third-order valence-electron chi connectivity index (χ3n) is 3.47. The number of hydrogen-bond acceptors (Lipinski definition) is 5. The molecule has 116 valence electrons. The lowest BCUT2D eigenvalue weighted by molar-refractivity contribution is -0.385. The van der Waals surface area contributed by atoms with Gasteiger partial charge in [0.1, 0.15) is 0 Å². The molecule has 1 unspecified atom stereocenters. The van der Waals surface area contributed by atoms with Gasteiger partial charge in [0.2, 0.25) is 0 Å². The van der Waals surface area contributed by atoms with Crippen LogP contribution >= 0.6 is 0 Å². The Morgan fingerprint density at radius 2 is 2.38 bits per heavy atom. The Morgan fingerprint density at radius 3 is 3.05 bits per heavy atom. The quantitative estimate of drug-likeness (QED) is 0.617. The minimum absolute atomic E-state index is 0.00926. The van der Waals surface area contributed by atoms with Gasteiger partial charge in [-0.2, -0.15) is 0 Å². The van der Waals surface area contributed by atoms with Gasteiger partial charge in [-0.15, -0.1) is 0 Å². The molecule has 6 heteroatoms. The van der Waals surface area contributed by atoms with Crippen LogP contribution in [0.4, 0.5) is 11.4 Å². The van der Waals surface area contributed by atoms with E-state index >= 15 is 0 Å². The number of nitro benzene ring substituents is 1. The fourth-order valence-corrected chi connectivity index (χ4v) is 2.33. The molecule has 0 amide bonds. The van der Waals surface area contributed by atoms with E-state index in [9.17, 15) is 10.1 Å². The van der Waals surface area contributed by atoms with E-state index in [1.165, 1.54) is 6.07 Å². The highest BCUT2D eigenvalue weighted by atomic mass is 16.6. The number of nitro groups is 1. The van der Waals surface area contributed by atoms with Gasteiger partial charge in [-0.25, -0.2) is 0 Å². The molecular formula is C15H22N2O4. The highest BCUT2D eigenvalue weighted by Crippen LogP contribution is 2.30. The maximum absolute atomic E-state index is 11.0. The molecule has 2 rings (SSSR count). The predicted octanol–water partition coefficient (Wildman–Crippen LogP) is 3.22. The summed E-state index contributed by atoms with van der Waals surface area (Å²) in [6, 6.07) is 4.92. The van der Waals surface area contributed by atoms with Crippen LogP contribution in [0.25, 0.3) is 0 Å². The zero-order valence-electron chi connectivity index (χ0n) is 12.3. The fraction of sp³-hybridized carbons (Fsp3) is 0.600. The van der Waals surface area contributed by atoms with Crippen LogP contribution in [0, 0.1) is 16.0 Å². The van der Waals surface area contributed by atoms with Crippen LogP contribution in [0.3, 0.4) is 0 Å². The molecule has 0 spiro atoms. The summed E-state index contributed by atoms with van der Waals surface area (Å²) in [5, 5.41) is 14.3. The summed E-state index contributed by atoms with van der Waals surface area (Å²) in [5.74, 6) is 0.820. The van der Waals surface area contributed by atoms with E-state index in [0.29, 0.717) is 18.3 Å². The molecule has 0 aromatic heterocycles. The molecule has 1 saturated heterocycles. The first-order chi connectivity index (χ1) is 10.2. The van der Waals surface area contributed by atoms with Crippen molar-refractivity contribution in [2.75, 3.05) is 31.7 Å². The second-order valence-corrected chi connectivity index (χ2v) is 5.25. The van der Waals surface area contributed by atoms with E-state index in [0.717, 1.165) is 44.7 Å². The Hall–Kier alpha value is -1.82. The summed E-state index contributed by atoms with van der Waals surface area (Å²) in [5.41, 5.74) is 0.854. The van der Waals surface area contributed by atoms with Gasteiger partial charge < -0.3 is 14.8 Å². The average molecular weight is 294 g/mol. The van der Waals surface area contributed by atoms with E-state index in [2.05, 4.69) is 5.32 Å². The van der Waals surface area contributed by atoms with Crippen LogP contribution in [-0.4, -0.2) is 31.3 Å². The van der Waals surface area contributed by atoms with Crippen molar-refractivity contribution >= 4 is 11.4 Å². The third-order valence-corrected chi connectivity index (χ3v) is 3.47. The van der Waals surface area contributed by atoms with Gasteiger partial charge in [0.05, 0.1) is 18.1 Å². The maximum Gasteiger partial charge on any atom is 0.311 e. The number of anilines is 1. The van der Waals surface area contributed by atoms with E-state index in [1.54, 1.807) is 12.1 Å². The Morgan fingerprint density at radius 1 is 1.52 bits per heavy atom. The number of benzene rings is 1. The maximum atomic E-state index is 11.0. The summed E-state index contributed by atoms with van der Waals surface area (Å²) in [6.07, 6.45) is 3.06. The molecule has 0 bridgehead atoms. The summed E-state index contributed by atoms with van der Waals surface area (Å²) in [6.45, 7) is 4.88. The lowest BCUT2D eigenvalue weighted by Gasteiger charge is -2.22. The standard InChI is InChI=1S/C15H22N2O4/c1-2-7-21-15-9-13(5-6-14(15)17(18)19)16-10-12-4-3-8-20-11-12/h5-6,9,12,16H,2-4,7-8,10-11H2,1H3. The largest absolute Gasteiger partial charge is 0.487 e. The lowest BCUT2D eigenvalue weighted by atomic mass is 10.0. The highest BCUT2D eigenvalue weighted by Gasteiger charge is 2.17. The van der Waals surface area contributed by atoms with Crippen molar-refractivity contribution in [3.8, 4) is 5.75 Å². The second-order valence-electron chi connectivity index (χ2n) is 5.25. The number of hydrogen-bond donors (Lipinski definition) is 1. The van der Waals surface area contributed by atoms with Crippen LogP contribution in [0.2, 0.25) is 0 Å². The molecule has 0 radical (unpaired) electrons. The van der Waals surface area contributed by atoms with Crippen LogP contribution in [0.5, 0.6) is 5.75 Å². The Bertz CT molecular complexity index is 473. The van der Waals surface area contributed by atoms with Crippen molar-refractivity contribution in [3.05, 3.63) is 28.3 Å². The number of rotatable bonds is 7. The van der Waals surface area contributed by atoms with Crippen molar-refractivity contribution in [2.45, 2.75) is 26.2 Å². The van der Waals surface area contributed by atoms with Crippen LogP contribution in [0.15, 0.2) is 18.2 Å². The zero-order valence-corrected chi connectivity index (χ0v) is 12.3. The Balaban J connectivity index is 2.00. The zero-order chi connectivity index (χ0) is 15.1. The topological polar surface area (TPSA) is 73.6 Å². The molecule has 1 aliphatic heterocycles. The predicted molar refractivity (Wildman–Crippen MR) is 80.9 cm³/mol. The summed E-state index contributed by atoms with van der Waals surface area (Å²) < 4.78 is 10.9. The van der Waals surface area contributed by atoms with Gasteiger partial charge in [0.25, 0.3) is 0 Å². The molecular weight excluding hydrogens is 272 g/mol. The van der Waals surface area contributed by atoms with E-state index in [4.69, 9.17) is 9.47 Å². The monoisotopic (exact) mass is 294 g/mol. The first-order valence-corrected chi connectivity index (χ1v) is 7.43. The smallest absolute Gasteiger partial charge is 0.311 e. The van der Waals surface area contributed by atoms with Gasteiger partial charge in [-0.05, 0) is 31.2 Å². The van der Waals surface area contributed by atoms with Gasteiger partial charge >= 0.3 is 5.69 Å². The molecule has 0 aliphatic carbocycles. The van der Waals surface area contributed by atoms with E-state index in [1.807, 2.05) is 6.92 Å². The van der Waals surface area contributed by atoms with Gasteiger partial charge in [0.15, 0.2) is 5.75 Å². The Labute approximate surface area is 124 Å². The minimum Gasteiger partial charge on any atom is -0.487 e. The summed E-state index contributed by atoms with van der Waals surface area (Å²) in [4.78, 5) is 10.6. The molecule has 1 atom stereocenters. The number of ether oxygens (including phenoxy) is 2. The minimum atomic E-state index is -0.413. The van der Waals surface area contributed by atoms with Crippen molar-refractivity contribution in [1.29, 1.82) is 0 Å². The van der Waals surface area contributed by atoms with Crippen LogP contribution < -0.4 is 10.1 Å². The van der Waals surface area contributed by atoms with Gasteiger partial charge in [0, 0.05) is 31.0 Å². The number of nitrogens with zero attached hydrogens (tertiary/aromatic N) is 1. The first-order valence-electron chi connectivity index (χ1n) is 7.43. The first kappa shape index (κ1) is 15.6. The molecule has 21 heavy (non-hydrogen) atoms. The molecule has 1 N–H and O–H groups in total. The molecule has 1 heterocycles. The van der Waals surface area contributed by atoms with Crippen molar-refractivity contribution in [3.63, 3.8) is 0 Å². The molecule has 1 aromatic rings. The van der Waals surface area contributed by atoms with E-state index < -0.39 is 4.92 Å². The SMILES string of the molecule is CCCOc1cc(NCC2CCCOC2)ccc1[N+](=O)[O-]. The Kier molecular flexibility index (Phi) is 5.80. The number of nitrogens with one attached hydrogen (secondary N) is 1.